The fourth-order valence-electron chi connectivity index (χ4n) is 3.35. The topological polar surface area (TPSA) is 54.0 Å². The van der Waals surface area contributed by atoms with Crippen molar-refractivity contribution in [3.63, 3.8) is 0 Å². The first-order chi connectivity index (χ1) is 14.1. The fourth-order valence-corrected chi connectivity index (χ4v) is 3.35. The van der Waals surface area contributed by atoms with Crippen molar-refractivity contribution in [1.29, 1.82) is 0 Å². The van der Waals surface area contributed by atoms with Crippen LogP contribution in [0.1, 0.15) is 18.9 Å². The Morgan fingerprint density at radius 2 is 1.76 bits per heavy atom. The molecule has 6 nitrogen and oxygen atoms in total. The van der Waals surface area contributed by atoms with E-state index < -0.39 is 6.10 Å². The molecule has 1 aliphatic rings. The Kier molecular flexibility index (Phi) is 7.36. The first-order valence-corrected chi connectivity index (χ1v) is 10.2. The van der Waals surface area contributed by atoms with Crippen molar-refractivity contribution in [3.8, 4) is 11.5 Å². The number of rotatable bonds is 8. The SMILES string of the molecule is CC[C@@H](Oc1cccc(OC)c1)C(=O)NCc1ccc(N2CCN(C)CC2)cc1. The van der Waals surface area contributed by atoms with Gasteiger partial charge in [0.1, 0.15) is 11.5 Å². The molecule has 1 saturated heterocycles. The predicted octanol–water partition coefficient (Wildman–Crippen LogP) is 2.92. The van der Waals surface area contributed by atoms with Gasteiger partial charge >= 0.3 is 0 Å². The number of nitrogens with zero attached hydrogens (tertiary/aromatic N) is 2. The highest BCUT2D eigenvalue weighted by atomic mass is 16.5. The number of hydrogen-bond donors (Lipinski definition) is 1. The summed E-state index contributed by atoms with van der Waals surface area (Å²) < 4.78 is 11.1. The van der Waals surface area contributed by atoms with Crippen molar-refractivity contribution < 1.29 is 14.3 Å². The van der Waals surface area contributed by atoms with Gasteiger partial charge in [0.05, 0.1) is 7.11 Å². The molecule has 1 aliphatic heterocycles. The maximum Gasteiger partial charge on any atom is 0.261 e. The fraction of sp³-hybridized carbons (Fsp3) is 0.435. The number of anilines is 1. The van der Waals surface area contributed by atoms with Gasteiger partial charge in [-0.2, -0.15) is 0 Å². The van der Waals surface area contributed by atoms with Crippen LogP contribution >= 0.6 is 0 Å². The molecule has 0 aromatic heterocycles. The zero-order valence-electron chi connectivity index (χ0n) is 17.6. The van der Waals surface area contributed by atoms with Crippen LogP contribution in [0.3, 0.4) is 0 Å². The van der Waals surface area contributed by atoms with Gasteiger partial charge in [0.15, 0.2) is 6.10 Å². The number of ether oxygens (including phenoxy) is 2. The number of likely N-dealkylation sites (N-methyl/N-ethyl adjacent to an activating group) is 1. The number of carbonyl (C=O) groups is 1. The van der Waals surface area contributed by atoms with Crippen molar-refractivity contribution in [3.05, 3.63) is 54.1 Å². The normalized spacial score (nSPS) is 15.6. The quantitative estimate of drug-likeness (QED) is 0.742. The third-order valence-electron chi connectivity index (χ3n) is 5.25. The molecule has 2 aromatic rings. The molecule has 1 fully saturated rings. The zero-order chi connectivity index (χ0) is 20.6. The molecular formula is C23H31N3O3. The second kappa shape index (κ2) is 10.2. The van der Waals surface area contributed by atoms with Crippen LogP contribution in [0.2, 0.25) is 0 Å². The molecule has 0 bridgehead atoms. The molecule has 0 unspecified atom stereocenters. The molecular weight excluding hydrogens is 366 g/mol. The predicted molar refractivity (Wildman–Crippen MR) is 116 cm³/mol. The number of piperazine rings is 1. The van der Waals surface area contributed by atoms with Gasteiger partial charge < -0.3 is 24.6 Å². The van der Waals surface area contributed by atoms with E-state index in [1.807, 2.05) is 25.1 Å². The minimum Gasteiger partial charge on any atom is -0.497 e. The second-order valence-electron chi connectivity index (χ2n) is 7.37. The van der Waals surface area contributed by atoms with Gasteiger partial charge in [0.25, 0.3) is 5.91 Å². The van der Waals surface area contributed by atoms with Crippen molar-refractivity contribution in [1.82, 2.24) is 10.2 Å². The Bertz CT molecular complexity index is 786. The average Bonchev–Trinajstić information content (AvgIpc) is 2.77. The third kappa shape index (κ3) is 5.87. The van der Waals surface area contributed by atoms with Gasteiger partial charge in [-0.05, 0) is 43.3 Å². The summed E-state index contributed by atoms with van der Waals surface area (Å²) in [6.07, 6.45) is 0.0532. The highest BCUT2D eigenvalue weighted by Gasteiger charge is 2.18. The lowest BCUT2D eigenvalue weighted by molar-refractivity contribution is -0.128. The van der Waals surface area contributed by atoms with E-state index in [1.165, 1.54) is 5.69 Å². The van der Waals surface area contributed by atoms with E-state index in [1.54, 1.807) is 13.2 Å². The van der Waals surface area contributed by atoms with Crippen molar-refractivity contribution in [2.75, 3.05) is 45.2 Å². The van der Waals surface area contributed by atoms with Crippen LogP contribution < -0.4 is 19.7 Å². The second-order valence-corrected chi connectivity index (χ2v) is 7.37. The molecule has 29 heavy (non-hydrogen) atoms. The summed E-state index contributed by atoms with van der Waals surface area (Å²) in [7, 11) is 3.77. The monoisotopic (exact) mass is 397 g/mol. The molecule has 0 spiro atoms. The number of nitrogens with one attached hydrogen (secondary N) is 1. The Morgan fingerprint density at radius 1 is 1.07 bits per heavy atom. The van der Waals surface area contributed by atoms with E-state index in [4.69, 9.17) is 9.47 Å². The van der Waals surface area contributed by atoms with E-state index in [0.29, 0.717) is 24.5 Å². The van der Waals surface area contributed by atoms with Crippen LogP contribution in [-0.2, 0) is 11.3 Å². The molecule has 1 heterocycles. The van der Waals surface area contributed by atoms with Crippen LogP contribution in [0.15, 0.2) is 48.5 Å². The largest absolute Gasteiger partial charge is 0.497 e. The molecule has 1 N–H and O–H groups in total. The third-order valence-corrected chi connectivity index (χ3v) is 5.25. The molecule has 0 radical (unpaired) electrons. The lowest BCUT2D eigenvalue weighted by Crippen LogP contribution is -2.44. The smallest absolute Gasteiger partial charge is 0.261 e. The van der Waals surface area contributed by atoms with E-state index in [2.05, 4.69) is 46.4 Å². The summed E-state index contributed by atoms with van der Waals surface area (Å²) >= 11 is 0. The van der Waals surface area contributed by atoms with E-state index in [0.717, 1.165) is 31.7 Å². The summed E-state index contributed by atoms with van der Waals surface area (Å²) in [5.74, 6) is 1.22. The van der Waals surface area contributed by atoms with E-state index in [-0.39, 0.29) is 5.91 Å². The van der Waals surface area contributed by atoms with Crippen LogP contribution in [-0.4, -0.2) is 57.2 Å². The highest BCUT2D eigenvalue weighted by molar-refractivity contribution is 5.81. The standard InChI is InChI=1S/C23H31N3O3/c1-4-22(29-21-7-5-6-20(16-21)28-3)23(27)24-17-18-8-10-19(11-9-18)26-14-12-25(2)13-15-26/h5-11,16,22H,4,12-15,17H2,1-3H3,(H,24,27)/t22-/m1/s1. The number of amides is 1. The van der Waals surface area contributed by atoms with Gasteiger partial charge in [0.2, 0.25) is 0 Å². The van der Waals surface area contributed by atoms with Gasteiger partial charge in [-0.3, -0.25) is 4.79 Å². The number of carbonyl (C=O) groups excluding carboxylic acids is 1. The number of hydrogen-bond acceptors (Lipinski definition) is 5. The van der Waals surface area contributed by atoms with Gasteiger partial charge in [-0.25, -0.2) is 0 Å². The molecule has 0 aliphatic carbocycles. The lowest BCUT2D eigenvalue weighted by Gasteiger charge is -2.34. The minimum atomic E-state index is -0.535. The maximum absolute atomic E-state index is 12.6. The van der Waals surface area contributed by atoms with Crippen LogP contribution in [0.25, 0.3) is 0 Å². The summed E-state index contributed by atoms with van der Waals surface area (Å²) in [4.78, 5) is 17.3. The van der Waals surface area contributed by atoms with Gasteiger partial charge in [-0.15, -0.1) is 0 Å². The summed E-state index contributed by atoms with van der Waals surface area (Å²) in [6, 6.07) is 15.7. The minimum absolute atomic E-state index is 0.113. The summed E-state index contributed by atoms with van der Waals surface area (Å²) in [5, 5.41) is 2.99. The Morgan fingerprint density at radius 3 is 2.41 bits per heavy atom. The Balaban J connectivity index is 1.52. The number of methoxy groups -OCH3 is 1. The summed E-state index contributed by atoms with van der Waals surface area (Å²) in [6.45, 7) is 6.70. The maximum atomic E-state index is 12.6. The van der Waals surface area contributed by atoms with Crippen LogP contribution in [0, 0.1) is 0 Å². The van der Waals surface area contributed by atoms with Gasteiger partial charge in [-0.1, -0.05) is 25.1 Å². The van der Waals surface area contributed by atoms with E-state index in [9.17, 15) is 4.79 Å². The number of benzene rings is 2. The molecule has 156 valence electrons. The van der Waals surface area contributed by atoms with Gasteiger partial charge in [0, 0.05) is 44.5 Å². The van der Waals surface area contributed by atoms with Crippen molar-refractivity contribution >= 4 is 11.6 Å². The highest BCUT2D eigenvalue weighted by Crippen LogP contribution is 2.21. The first kappa shape index (κ1) is 21.0. The van der Waals surface area contributed by atoms with Crippen molar-refractivity contribution in [2.45, 2.75) is 26.0 Å². The Labute approximate surface area is 173 Å². The first-order valence-electron chi connectivity index (χ1n) is 10.2. The zero-order valence-corrected chi connectivity index (χ0v) is 17.6. The van der Waals surface area contributed by atoms with E-state index >= 15 is 0 Å². The van der Waals surface area contributed by atoms with Crippen LogP contribution in [0.4, 0.5) is 5.69 Å². The Hall–Kier alpha value is -2.73. The molecule has 0 saturated carbocycles. The molecule has 3 rings (SSSR count). The molecule has 6 heteroatoms. The lowest BCUT2D eigenvalue weighted by atomic mass is 10.1. The summed E-state index contributed by atoms with van der Waals surface area (Å²) in [5.41, 5.74) is 2.31. The molecule has 2 aromatic carbocycles. The molecule has 1 atom stereocenters. The average molecular weight is 398 g/mol. The van der Waals surface area contributed by atoms with Crippen molar-refractivity contribution in [2.24, 2.45) is 0 Å². The molecule has 1 amide bonds. The van der Waals surface area contributed by atoms with Crippen LogP contribution in [0.5, 0.6) is 11.5 Å².